The summed E-state index contributed by atoms with van der Waals surface area (Å²) >= 11 is 0. The Morgan fingerprint density at radius 1 is 1.12 bits per heavy atom. The topological polar surface area (TPSA) is 74.6 Å². The molecule has 0 saturated heterocycles. The van der Waals surface area contributed by atoms with Gasteiger partial charge in [0.05, 0.1) is 0 Å². The molecular formula is H6K2MgO4S. The predicted molar refractivity (Wildman–Crippen MR) is 24.4 cm³/mol. The molecule has 0 rings (SSSR count). The molecule has 0 aliphatic heterocycles. The molecule has 0 spiro atoms. The van der Waals surface area contributed by atoms with E-state index in [0.717, 1.165) is 0 Å². The molecule has 0 aliphatic carbocycles. The zero-order valence-corrected chi connectivity index (χ0v) is 13.3. The minimum atomic E-state index is -4.67. The normalized spacial score (nSPS) is 7.25. The van der Waals surface area contributed by atoms with Crippen molar-refractivity contribution in [1.82, 2.24) is 0 Å². The zero-order chi connectivity index (χ0) is 4.50. The van der Waals surface area contributed by atoms with Crippen LogP contribution in [0.15, 0.2) is 0 Å². The molecule has 0 aromatic carbocycles. The Balaban J connectivity index is -0.00000000381. The van der Waals surface area contributed by atoms with Crippen LogP contribution in [-0.4, -0.2) is 40.6 Å². The fraction of sp³-hybridized carbons (Fsp3) is 0. The second-order valence-corrected chi connectivity index (χ2v) is 1.34. The molecule has 0 atom stereocenters. The van der Waals surface area contributed by atoms with Gasteiger partial charge in [-0.3, -0.25) is 9.11 Å². The number of hydrogen-bond acceptors (Lipinski definition) is 2. The van der Waals surface area contributed by atoms with Crippen molar-refractivity contribution in [2.45, 2.75) is 0 Å². The Morgan fingerprint density at radius 2 is 1.12 bits per heavy atom. The van der Waals surface area contributed by atoms with Gasteiger partial charge in [-0.25, -0.2) is 0 Å². The van der Waals surface area contributed by atoms with E-state index in [-0.39, 0.29) is 132 Å². The molecule has 0 fully saturated rings. The van der Waals surface area contributed by atoms with Crippen molar-refractivity contribution in [2.75, 3.05) is 0 Å². The van der Waals surface area contributed by atoms with Crippen LogP contribution in [-0.2, 0) is 10.4 Å². The average Bonchev–Trinajstić information content (AvgIpc) is 0.722. The molecule has 0 amide bonds. The van der Waals surface area contributed by atoms with E-state index in [1.54, 1.807) is 0 Å². The molecule has 8 heavy (non-hydrogen) atoms. The standard InChI is InChI=1S/2K.Mg.H2O4S.4H/c;;;1-5(2,3)4;;;;/h;;;(H2,1,2,3,4);;;;/q2*+1;+2;;4*-1. The summed E-state index contributed by atoms with van der Waals surface area (Å²) in [4.78, 5) is 0. The maximum Gasteiger partial charge on any atom is 2.00 e. The number of rotatable bonds is 0. The first kappa shape index (κ1) is 22.7. The van der Waals surface area contributed by atoms with E-state index in [1.807, 2.05) is 0 Å². The Kier molecular flexibility index (Phi) is 30.9. The SMILES string of the molecule is O=S(=O)(O)O.[H-].[H-].[H-].[H-].[K+].[K+].[Mg+2]. The summed E-state index contributed by atoms with van der Waals surface area (Å²) in [6.07, 6.45) is 0. The van der Waals surface area contributed by atoms with E-state index in [2.05, 4.69) is 0 Å². The summed E-state index contributed by atoms with van der Waals surface area (Å²) in [5.74, 6) is 0. The Hall–Kier alpha value is 3.91. The Morgan fingerprint density at radius 3 is 1.12 bits per heavy atom. The summed E-state index contributed by atoms with van der Waals surface area (Å²) in [6, 6.07) is 0. The van der Waals surface area contributed by atoms with E-state index >= 15 is 0 Å². The molecule has 0 heterocycles. The fourth-order valence-corrected chi connectivity index (χ4v) is 0. The van der Waals surface area contributed by atoms with E-state index in [1.165, 1.54) is 0 Å². The van der Waals surface area contributed by atoms with Crippen molar-refractivity contribution < 1.29 is 126 Å². The van der Waals surface area contributed by atoms with Crippen LogP contribution in [0, 0.1) is 0 Å². The first-order valence-corrected chi connectivity index (χ1v) is 2.10. The summed E-state index contributed by atoms with van der Waals surface area (Å²) in [7, 11) is -4.67. The van der Waals surface area contributed by atoms with Crippen LogP contribution < -0.4 is 103 Å². The summed E-state index contributed by atoms with van der Waals surface area (Å²) in [6.45, 7) is 0. The van der Waals surface area contributed by atoms with Gasteiger partial charge in [-0.1, -0.05) is 0 Å². The average molecular weight is 205 g/mol. The van der Waals surface area contributed by atoms with Crippen LogP contribution in [0.1, 0.15) is 5.71 Å². The van der Waals surface area contributed by atoms with Crippen molar-refractivity contribution in [1.29, 1.82) is 0 Å². The molecule has 8 heteroatoms. The van der Waals surface area contributed by atoms with Crippen LogP contribution in [0.3, 0.4) is 0 Å². The molecule has 0 aromatic rings. The molecule has 4 nitrogen and oxygen atoms in total. The van der Waals surface area contributed by atoms with E-state index < -0.39 is 10.4 Å². The summed E-state index contributed by atoms with van der Waals surface area (Å²) in [5.41, 5.74) is 0. The maximum atomic E-state index is 8.74. The van der Waals surface area contributed by atoms with Gasteiger partial charge in [-0.2, -0.15) is 8.42 Å². The number of hydrogen-bond donors (Lipinski definition) is 2. The van der Waals surface area contributed by atoms with Gasteiger partial charge in [-0.15, -0.1) is 0 Å². The quantitative estimate of drug-likeness (QED) is 0.304. The molecule has 40 valence electrons. The Bertz CT molecular complexity index is 108. The summed E-state index contributed by atoms with van der Waals surface area (Å²) in [5, 5.41) is 0. The van der Waals surface area contributed by atoms with Gasteiger partial charge < -0.3 is 5.71 Å². The Labute approximate surface area is 155 Å². The molecule has 0 bridgehead atoms. The third kappa shape index (κ3) is 51.5. The van der Waals surface area contributed by atoms with Crippen LogP contribution in [0.2, 0.25) is 0 Å². The molecule has 0 aliphatic rings. The van der Waals surface area contributed by atoms with Crippen molar-refractivity contribution in [3.8, 4) is 0 Å². The zero-order valence-electron chi connectivity index (χ0n) is 8.83. The smallest absolute Gasteiger partial charge is 1.00 e. The van der Waals surface area contributed by atoms with Crippen molar-refractivity contribution in [3.05, 3.63) is 0 Å². The van der Waals surface area contributed by atoms with E-state index in [0.29, 0.717) is 0 Å². The van der Waals surface area contributed by atoms with E-state index in [9.17, 15) is 0 Å². The molecular weight excluding hydrogens is 199 g/mol. The largest absolute Gasteiger partial charge is 2.00 e. The molecule has 2 N–H and O–H groups in total. The van der Waals surface area contributed by atoms with E-state index in [4.69, 9.17) is 17.5 Å². The molecule has 0 unspecified atom stereocenters. The fourth-order valence-electron chi connectivity index (χ4n) is 0. The van der Waals surface area contributed by atoms with Crippen molar-refractivity contribution in [3.63, 3.8) is 0 Å². The van der Waals surface area contributed by atoms with Crippen LogP contribution in [0.4, 0.5) is 0 Å². The van der Waals surface area contributed by atoms with Gasteiger partial charge in [-0.05, 0) is 0 Å². The van der Waals surface area contributed by atoms with Crippen LogP contribution >= 0.6 is 0 Å². The second kappa shape index (κ2) is 10.9. The summed E-state index contributed by atoms with van der Waals surface area (Å²) < 4.78 is 31.6. The minimum absolute atomic E-state index is 0. The maximum absolute atomic E-state index is 8.74. The van der Waals surface area contributed by atoms with Crippen molar-refractivity contribution >= 4 is 33.5 Å². The molecule has 0 saturated carbocycles. The van der Waals surface area contributed by atoms with Gasteiger partial charge in [0, 0.05) is 0 Å². The second-order valence-electron chi connectivity index (χ2n) is 0.448. The van der Waals surface area contributed by atoms with Gasteiger partial charge in [0.15, 0.2) is 0 Å². The molecule has 0 radical (unpaired) electrons. The van der Waals surface area contributed by atoms with Crippen LogP contribution in [0.5, 0.6) is 0 Å². The monoisotopic (exact) mass is 204 g/mol. The third-order valence-electron chi connectivity index (χ3n) is 0. The predicted octanol–water partition coefficient (Wildman–Crippen LogP) is -6.58. The van der Waals surface area contributed by atoms with Crippen molar-refractivity contribution in [2.24, 2.45) is 0 Å². The molecule has 0 aromatic heterocycles. The third-order valence-corrected chi connectivity index (χ3v) is 0. The van der Waals surface area contributed by atoms with Gasteiger partial charge in [0.1, 0.15) is 0 Å². The minimum Gasteiger partial charge on any atom is -1.00 e. The van der Waals surface area contributed by atoms with Gasteiger partial charge >= 0.3 is 136 Å². The van der Waals surface area contributed by atoms with Crippen LogP contribution in [0.25, 0.3) is 0 Å². The van der Waals surface area contributed by atoms with Gasteiger partial charge in [0.25, 0.3) is 0 Å². The first-order valence-electron chi connectivity index (χ1n) is 0.698. The van der Waals surface area contributed by atoms with Gasteiger partial charge in [0.2, 0.25) is 0 Å². The first-order chi connectivity index (χ1) is 2.00.